The van der Waals surface area contributed by atoms with Gasteiger partial charge in [0.15, 0.2) is 0 Å². The fraction of sp³-hybridized carbons (Fsp3) is 1.00. The van der Waals surface area contributed by atoms with Crippen molar-refractivity contribution in [3.05, 3.63) is 0 Å². The zero-order valence-corrected chi connectivity index (χ0v) is 31.9. The molecular formula is C40H68NO3P. The summed E-state index contributed by atoms with van der Waals surface area (Å²) in [6.45, 7) is 29.9. The number of nitrogens with zero attached hydrogens (tertiary/aromatic N) is 1. The monoisotopic (exact) mass is 641 g/mol. The van der Waals surface area contributed by atoms with Gasteiger partial charge in [-0.3, -0.25) is 4.90 Å². The van der Waals surface area contributed by atoms with E-state index in [4.69, 9.17) is 14.2 Å². The van der Waals surface area contributed by atoms with Crippen molar-refractivity contribution >= 4 is 7.92 Å². The second kappa shape index (κ2) is 10.4. The Morgan fingerprint density at radius 1 is 0.467 bits per heavy atom. The van der Waals surface area contributed by atoms with E-state index >= 15 is 0 Å². The van der Waals surface area contributed by atoms with Crippen molar-refractivity contribution in [3.8, 4) is 0 Å². The summed E-state index contributed by atoms with van der Waals surface area (Å²) < 4.78 is 22.9. The summed E-state index contributed by atoms with van der Waals surface area (Å²) in [5.74, 6) is 2.63. The van der Waals surface area contributed by atoms with E-state index in [1.54, 1.807) is 0 Å². The van der Waals surface area contributed by atoms with Crippen LogP contribution in [0, 0.1) is 45.3 Å². The van der Waals surface area contributed by atoms with Crippen molar-refractivity contribution < 1.29 is 14.2 Å². The molecule has 0 amide bonds. The number of hydrogen-bond donors (Lipinski definition) is 0. The molecule has 45 heavy (non-hydrogen) atoms. The highest BCUT2D eigenvalue weighted by Gasteiger charge is 2.72. The summed E-state index contributed by atoms with van der Waals surface area (Å²) in [5.41, 5.74) is 3.11. The van der Waals surface area contributed by atoms with Gasteiger partial charge in [0.2, 0.25) is 0 Å². The number of rotatable bonds is 0. The lowest BCUT2D eigenvalue weighted by atomic mass is 9.63. The molecule has 4 aliphatic carbocycles. The molecular weight excluding hydrogens is 573 g/mol. The molecule has 8 aliphatic rings. The zero-order valence-electron chi connectivity index (χ0n) is 31.0. The van der Waals surface area contributed by atoms with Gasteiger partial charge in [-0.25, -0.2) is 0 Å². The number of morpholine rings is 1. The Morgan fingerprint density at radius 2 is 1.02 bits per heavy atom. The first-order valence-electron chi connectivity index (χ1n) is 19.4. The largest absolute Gasteiger partial charge is 0.373 e. The summed E-state index contributed by atoms with van der Waals surface area (Å²) in [5, 5.41) is 0. The Labute approximate surface area is 278 Å². The maximum absolute atomic E-state index is 7.68. The summed E-state index contributed by atoms with van der Waals surface area (Å²) in [6, 6.07) is 1.82. The third-order valence-electron chi connectivity index (χ3n) is 15.2. The van der Waals surface area contributed by atoms with Gasteiger partial charge in [-0.15, -0.1) is 0 Å². The zero-order chi connectivity index (χ0) is 32.2. The third kappa shape index (κ3) is 4.96. The van der Waals surface area contributed by atoms with Crippen LogP contribution in [-0.2, 0) is 14.2 Å². The van der Waals surface area contributed by atoms with Gasteiger partial charge in [0.25, 0.3) is 0 Å². The van der Waals surface area contributed by atoms with Gasteiger partial charge in [0, 0.05) is 35.1 Å². The number of fused-ring (bicyclic) bond motifs is 3. The van der Waals surface area contributed by atoms with Crippen LogP contribution >= 0.6 is 7.92 Å². The molecule has 0 aromatic rings. The molecule has 256 valence electrons. The number of hydrogen-bond acceptors (Lipinski definition) is 4. The molecule has 8 fully saturated rings. The lowest BCUT2D eigenvalue weighted by Gasteiger charge is -2.75. The molecule has 4 aliphatic heterocycles. The van der Waals surface area contributed by atoms with Crippen LogP contribution in [0.4, 0.5) is 0 Å². The van der Waals surface area contributed by atoms with Gasteiger partial charge >= 0.3 is 0 Å². The van der Waals surface area contributed by atoms with Crippen molar-refractivity contribution in [1.29, 1.82) is 0 Å². The van der Waals surface area contributed by atoms with Crippen LogP contribution in [0.3, 0.4) is 0 Å². The lowest BCUT2D eigenvalue weighted by Crippen LogP contribution is -2.81. The normalized spacial score (nSPS) is 52.9. The highest BCUT2D eigenvalue weighted by atomic mass is 31.1. The van der Waals surface area contributed by atoms with E-state index in [1.807, 2.05) is 0 Å². The Morgan fingerprint density at radius 3 is 1.60 bits per heavy atom. The minimum absolute atomic E-state index is 0.212. The topological polar surface area (TPSA) is 30.9 Å². The van der Waals surface area contributed by atoms with Crippen LogP contribution in [0.5, 0.6) is 0 Å². The van der Waals surface area contributed by atoms with Crippen LogP contribution < -0.4 is 0 Å². The van der Waals surface area contributed by atoms with Crippen molar-refractivity contribution in [2.24, 2.45) is 45.3 Å². The molecule has 0 spiro atoms. The second-order valence-corrected chi connectivity index (χ2v) is 24.3. The predicted octanol–water partition coefficient (Wildman–Crippen LogP) is 9.12. The van der Waals surface area contributed by atoms with Crippen molar-refractivity contribution in [1.82, 2.24) is 4.90 Å². The van der Waals surface area contributed by atoms with Crippen molar-refractivity contribution in [3.63, 3.8) is 0 Å². The Hall–Kier alpha value is 0.270. The third-order valence-corrected chi connectivity index (χ3v) is 19.2. The van der Waals surface area contributed by atoms with E-state index in [0.717, 1.165) is 5.92 Å². The van der Waals surface area contributed by atoms with Gasteiger partial charge in [-0.2, -0.15) is 0 Å². The molecule has 0 bridgehead atoms. The molecule has 5 heteroatoms. The molecule has 0 aromatic heterocycles. The van der Waals surface area contributed by atoms with E-state index < -0.39 is 0 Å². The van der Waals surface area contributed by atoms with E-state index in [9.17, 15) is 0 Å². The smallest absolute Gasteiger partial charge is 0.0746 e. The summed E-state index contributed by atoms with van der Waals surface area (Å²) >= 11 is 0. The van der Waals surface area contributed by atoms with Gasteiger partial charge in [-0.05, 0) is 96.7 Å². The number of ether oxygens (including phenoxy) is 3. The van der Waals surface area contributed by atoms with Gasteiger partial charge in [-0.1, -0.05) is 91.0 Å². The molecule has 17 unspecified atom stereocenters. The fourth-order valence-electron chi connectivity index (χ4n) is 12.8. The Balaban J connectivity index is 1.26. The van der Waals surface area contributed by atoms with Gasteiger partial charge in [0.05, 0.1) is 36.6 Å². The van der Waals surface area contributed by atoms with Crippen molar-refractivity contribution in [2.45, 2.75) is 206 Å². The van der Waals surface area contributed by atoms with Crippen LogP contribution in [0.1, 0.15) is 134 Å². The van der Waals surface area contributed by atoms with Crippen LogP contribution in [-0.4, -0.2) is 76.6 Å². The molecule has 0 N–H and O–H groups in total. The predicted molar refractivity (Wildman–Crippen MR) is 186 cm³/mol. The lowest BCUT2D eigenvalue weighted by molar-refractivity contribution is -0.255. The molecule has 0 aromatic carbocycles. The minimum atomic E-state index is -0.235. The molecule has 8 rings (SSSR count). The first-order chi connectivity index (χ1) is 20.8. The van der Waals surface area contributed by atoms with Gasteiger partial charge < -0.3 is 14.2 Å². The van der Waals surface area contributed by atoms with Gasteiger partial charge in [0.1, 0.15) is 0 Å². The average Bonchev–Trinajstić information content (AvgIpc) is 2.92. The van der Waals surface area contributed by atoms with E-state index in [-0.39, 0.29) is 18.8 Å². The van der Waals surface area contributed by atoms with Crippen LogP contribution in [0.15, 0.2) is 0 Å². The molecule has 17 atom stereocenters. The SMILES string of the molecule is CC(C)(C)C1CCC2C(C1)OC1CC(C(C)(C)C)C3OC4CC(C(C)(C)C)CC5OC6C7C(CCC6C(C)(C)C)N2C1C3P7C54. The second-order valence-electron chi connectivity index (χ2n) is 21.7. The summed E-state index contributed by atoms with van der Waals surface area (Å²) in [7, 11) is -0.235. The molecule has 4 saturated carbocycles. The highest BCUT2D eigenvalue weighted by Crippen LogP contribution is 2.75. The van der Waals surface area contributed by atoms with E-state index in [0.29, 0.717) is 100 Å². The highest BCUT2D eigenvalue weighted by molar-refractivity contribution is 7.60. The molecule has 0 radical (unpaired) electrons. The van der Waals surface area contributed by atoms with Crippen LogP contribution in [0.25, 0.3) is 0 Å². The quantitative estimate of drug-likeness (QED) is 0.247. The first kappa shape index (κ1) is 32.5. The summed E-state index contributed by atoms with van der Waals surface area (Å²) in [4.78, 5) is 3.21. The van der Waals surface area contributed by atoms with Crippen molar-refractivity contribution in [2.75, 3.05) is 0 Å². The fourth-order valence-corrected chi connectivity index (χ4v) is 17.8. The Kier molecular flexibility index (Phi) is 7.51. The standard InChI is InChI=1S/C40H68NO3P/c1-37(2,3)21-13-15-25-27(17-21)42-28-20-24(40(10,11)12)33-36-31(28)41(25)26-16-14-23(39(7,8)9)32-34(26)45(36)35-29(43-32)18-22(38(4,5)6)19-30(35)44-33/h21-36H,13-20H2,1-12H3. The van der Waals surface area contributed by atoms with E-state index in [1.165, 1.54) is 51.4 Å². The first-order valence-corrected chi connectivity index (χ1v) is 20.9. The summed E-state index contributed by atoms with van der Waals surface area (Å²) in [6.07, 6.45) is 12.6. The average molecular weight is 642 g/mol. The van der Waals surface area contributed by atoms with Crippen LogP contribution in [0.2, 0.25) is 0 Å². The van der Waals surface area contributed by atoms with E-state index in [2.05, 4.69) is 88.0 Å². The Bertz CT molecular complexity index is 1140. The molecule has 4 nitrogen and oxygen atoms in total. The maximum Gasteiger partial charge on any atom is 0.0746 e. The molecule has 4 saturated heterocycles. The molecule has 4 heterocycles. The maximum atomic E-state index is 7.68. The minimum Gasteiger partial charge on any atom is -0.373 e.